The average molecular weight is 481 g/mol. The van der Waals surface area contributed by atoms with Crippen LogP contribution in [0, 0.1) is 0 Å². The number of H-pyrrole nitrogens is 1. The van der Waals surface area contributed by atoms with Crippen LogP contribution in [0.4, 0.5) is 0 Å². The second kappa shape index (κ2) is 10.5. The molecule has 0 saturated heterocycles. The quantitative estimate of drug-likeness (QED) is 0.311. The molecule has 0 saturated carbocycles. The van der Waals surface area contributed by atoms with Crippen molar-refractivity contribution in [3.05, 3.63) is 76.1 Å². The third-order valence-electron chi connectivity index (χ3n) is 5.21. The third kappa shape index (κ3) is 4.95. The number of hydrogen-bond donors (Lipinski definition) is 3. The molecule has 0 radical (unpaired) electrons. The topological polar surface area (TPSA) is 135 Å². The number of thioether (sulfide) groups is 1. The zero-order valence-electron chi connectivity index (χ0n) is 18.7. The SMILES string of the molecule is CCn1c(SCc2nc3ccccc3c(=O)[nH]2)nnc1[C@H](CO)NC(=O)c1ccc(OC)cc1. The summed E-state index contributed by atoms with van der Waals surface area (Å²) >= 11 is 1.36. The Bertz CT molecular complexity index is 1350. The number of amides is 1. The van der Waals surface area contributed by atoms with E-state index in [1.54, 1.807) is 49.6 Å². The fourth-order valence-electron chi connectivity index (χ4n) is 3.47. The molecule has 2 aromatic heterocycles. The van der Waals surface area contributed by atoms with Crippen molar-refractivity contribution < 1.29 is 14.6 Å². The minimum absolute atomic E-state index is 0.194. The maximum atomic E-state index is 12.7. The Hall–Kier alpha value is -3.70. The predicted molar refractivity (Wildman–Crippen MR) is 128 cm³/mol. The van der Waals surface area contributed by atoms with E-state index >= 15 is 0 Å². The van der Waals surface area contributed by atoms with Gasteiger partial charge in [0, 0.05) is 12.1 Å². The lowest BCUT2D eigenvalue weighted by molar-refractivity contribution is 0.0911. The van der Waals surface area contributed by atoms with Gasteiger partial charge >= 0.3 is 0 Å². The van der Waals surface area contributed by atoms with E-state index in [0.717, 1.165) is 0 Å². The van der Waals surface area contributed by atoms with Crippen LogP contribution < -0.4 is 15.6 Å². The number of nitrogens with zero attached hydrogens (tertiary/aromatic N) is 4. The Morgan fingerprint density at radius 3 is 2.68 bits per heavy atom. The number of carbonyl (C=O) groups excluding carboxylic acids is 1. The number of rotatable bonds is 9. The van der Waals surface area contributed by atoms with Gasteiger partial charge in [-0.25, -0.2) is 4.98 Å². The van der Waals surface area contributed by atoms with Gasteiger partial charge in [0.25, 0.3) is 11.5 Å². The number of aliphatic hydroxyl groups excluding tert-OH is 1. The van der Waals surface area contributed by atoms with E-state index in [-0.39, 0.29) is 18.1 Å². The summed E-state index contributed by atoms with van der Waals surface area (Å²) in [6, 6.07) is 13.1. The fourth-order valence-corrected chi connectivity index (χ4v) is 4.35. The summed E-state index contributed by atoms with van der Waals surface area (Å²) in [5.74, 6) is 1.63. The number of para-hydroxylation sites is 1. The normalized spacial score (nSPS) is 12.0. The van der Waals surface area contributed by atoms with Crippen LogP contribution in [-0.2, 0) is 12.3 Å². The highest BCUT2D eigenvalue weighted by molar-refractivity contribution is 7.98. The van der Waals surface area contributed by atoms with Gasteiger partial charge < -0.3 is 24.7 Å². The minimum Gasteiger partial charge on any atom is -0.497 e. The molecule has 0 aliphatic heterocycles. The maximum absolute atomic E-state index is 12.7. The molecular weight excluding hydrogens is 456 g/mol. The molecule has 0 unspecified atom stereocenters. The number of aliphatic hydroxyl groups is 1. The molecule has 0 spiro atoms. The smallest absolute Gasteiger partial charge is 0.258 e. The monoisotopic (exact) mass is 480 g/mol. The molecule has 4 rings (SSSR count). The fraction of sp³-hybridized carbons (Fsp3) is 0.261. The van der Waals surface area contributed by atoms with E-state index in [1.165, 1.54) is 11.8 Å². The highest BCUT2D eigenvalue weighted by Gasteiger charge is 2.23. The van der Waals surface area contributed by atoms with Gasteiger partial charge in [0.05, 0.1) is 30.4 Å². The number of ether oxygens (including phenoxy) is 1. The largest absolute Gasteiger partial charge is 0.497 e. The Labute approximate surface area is 199 Å². The summed E-state index contributed by atoms with van der Waals surface area (Å²) in [6.07, 6.45) is 0. The molecule has 176 valence electrons. The van der Waals surface area contributed by atoms with E-state index in [2.05, 4.69) is 25.5 Å². The van der Waals surface area contributed by atoms with Crippen LogP contribution in [0.5, 0.6) is 5.75 Å². The summed E-state index contributed by atoms with van der Waals surface area (Å²) in [5.41, 5.74) is 0.865. The zero-order valence-corrected chi connectivity index (χ0v) is 19.5. The van der Waals surface area contributed by atoms with Gasteiger partial charge in [-0.3, -0.25) is 9.59 Å². The molecular formula is C23H24N6O4S. The van der Waals surface area contributed by atoms with Crippen molar-refractivity contribution >= 4 is 28.6 Å². The summed E-state index contributed by atoms with van der Waals surface area (Å²) in [7, 11) is 1.55. The van der Waals surface area contributed by atoms with Crippen molar-refractivity contribution in [1.29, 1.82) is 0 Å². The number of methoxy groups -OCH3 is 1. The zero-order chi connectivity index (χ0) is 24.1. The second-order valence-electron chi connectivity index (χ2n) is 7.34. The van der Waals surface area contributed by atoms with Crippen molar-refractivity contribution in [3.63, 3.8) is 0 Å². The van der Waals surface area contributed by atoms with Crippen LogP contribution in [0.15, 0.2) is 58.5 Å². The molecule has 3 N–H and O–H groups in total. The molecule has 1 amide bonds. The number of hydrogen-bond acceptors (Lipinski definition) is 8. The molecule has 2 aromatic carbocycles. The number of fused-ring (bicyclic) bond motifs is 1. The van der Waals surface area contributed by atoms with Crippen molar-refractivity contribution in [3.8, 4) is 5.75 Å². The van der Waals surface area contributed by atoms with E-state index in [1.807, 2.05) is 17.6 Å². The number of aromatic amines is 1. The molecule has 2 heterocycles. The van der Waals surface area contributed by atoms with Crippen LogP contribution >= 0.6 is 11.8 Å². The van der Waals surface area contributed by atoms with Crippen molar-refractivity contribution in [2.45, 2.75) is 30.4 Å². The summed E-state index contributed by atoms with van der Waals surface area (Å²) in [5, 5.41) is 22.3. The van der Waals surface area contributed by atoms with Crippen molar-refractivity contribution in [2.24, 2.45) is 0 Å². The van der Waals surface area contributed by atoms with Gasteiger partial charge in [-0.2, -0.15) is 0 Å². The lowest BCUT2D eigenvalue weighted by Crippen LogP contribution is -2.32. The molecule has 0 fully saturated rings. The highest BCUT2D eigenvalue weighted by atomic mass is 32.2. The van der Waals surface area contributed by atoms with Crippen LogP contribution in [0.25, 0.3) is 10.9 Å². The number of carbonyl (C=O) groups is 1. The Kier molecular flexibility index (Phi) is 7.24. The maximum Gasteiger partial charge on any atom is 0.258 e. The Balaban J connectivity index is 1.50. The van der Waals surface area contributed by atoms with Crippen LogP contribution in [0.1, 0.15) is 35.0 Å². The van der Waals surface area contributed by atoms with Gasteiger partial charge in [0.2, 0.25) is 0 Å². The minimum atomic E-state index is -0.741. The first kappa shape index (κ1) is 23.5. The number of aromatic nitrogens is 5. The van der Waals surface area contributed by atoms with Gasteiger partial charge in [-0.05, 0) is 43.3 Å². The van der Waals surface area contributed by atoms with Crippen LogP contribution in [0.2, 0.25) is 0 Å². The summed E-state index contributed by atoms with van der Waals surface area (Å²) in [6.45, 7) is 2.11. The lowest BCUT2D eigenvalue weighted by atomic mass is 10.2. The van der Waals surface area contributed by atoms with E-state index in [0.29, 0.717) is 51.3 Å². The van der Waals surface area contributed by atoms with Crippen LogP contribution in [-0.4, -0.2) is 49.5 Å². The molecule has 34 heavy (non-hydrogen) atoms. The molecule has 0 bridgehead atoms. The molecule has 4 aromatic rings. The molecule has 11 heteroatoms. The van der Waals surface area contributed by atoms with E-state index in [9.17, 15) is 14.7 Å². The van der Waals surface area contributed by atoms with Gasteiger partial charge in [-0.1, -0.05) is 23.9 Å². The van der Waals surface area contributed by atoms with Crippen molar-refractivity contribution in [2.75, 3.05) is 13.7 Å². The van der Waals surface area contributed by atoms with Gasteiger partial charge in [0.1, 0.15) is 17.6 Å². The molecule has 0 aliphatic rings. The first-order valence-electron chi connectivity index (χ1n) is 10.6. The standard InChI is InChI=1S/C23H24N6O4S/c1-3-29-20(18(12-30)25-21(31)14-8-10-15(33-2)11-9-14)27-28-23(29)34-13-19-24-17-7-5-4-6-16(17)22(32)26-19/h4-11,18,30H,3,12-13H2,1-2H3,(H,25,31)(H,24,26,32)/t18-/m0/s1. The first-order chi connectivity index (χ1) is 16.5. The van der Waals surface area contributed by atoms with E-state index in [4.69, 9.17) is 4.74 Å². The lowest BCUT2D eigenvalue weighted by Gasteiger charge is -2.17. The summed E-state index contributed by atoms with van der Waals surface area (Å²) < 4.78 is 6.93. The third-order valence-corrected chi connectivity index (χ3v) is 6.19. The van der Waals surface area contributed by atoms with E-state index < -0.39 is 6.04 Å². The van der Waals surface area contributed by atoms with Gasteiger partial charge in [0.15, 0.2) is 11.0 Å². The highest BCUT2D eigenvalue weighted by Crippen LogP contribution is 2.23. The predicted octanol–water partition coefficient (Wildman–Crippen LogP) is 2.30. The Morgan fingerprint density at radius 2 is 1.97 bits per heavy atom. The number of nitrogens with one attached hydrogen (secondary N) is 2. The van der Waals surface area contributed by atoms with Gasteiger partial charge in [-0.15, -0.1) is 10.2 Å². The van der Waals surface area contributed by atoms with Crippen molar-refractivity contribution in [1.82, 2.24) is 30.0 Å². The second-order valence-corrected chi connectivity index (χ2v) is 8.28. The first-order valence-corrected chi connectivity index (χ1v) is 11.6. The molecule has 1 atom stereocenters. The number of benzene rings is 2. The molecule has 10 nitrogen and oxygen atoms in total. The average Bonchev–Trinajstić information content (AvgIpc) is 3.28. The molecule has 0 aliphatic carbocycles. The summed E-state index contributed by atoms with van der Waals surface area (Å²) in [4.78, 5) is 32.3. The Morgan fingerprint density at radius 1 is 1.21 bits per heavy atom. The van der Waals surface area contributed by atoms with Crippen LogP contribution in [0.3, 0.4) is 0 Å².